The van der Waals surface area contributed by atoms with Gasteiger partial charge in [-0.25, -0.2) is 4.39 Å². The normalized spacial score (nSPS) is 23.8. The fourth-order valence-electron chi connectivity index (χ4n) is 3.28. The summed E-state index contributed by atoms with van der Waals surface area (Å²) >= 11 is 0. The lowest BCUT2D eigenvalue weighted by atomic mass is 9.95. The van der Waals surface area contributed by atoms with Gasteiger partial charge in [-0.05, 0) is 43.2 Å². The number of piperidine rings is 1. The summed E-state index contributed by atoms with van der Waals surface area (Å²) in [5.41, 5.74) is 6.83. The maximum Gasteiger partial charge on any atom is 0.191 e. The topological polar surface area (TPSA) is 41.6 Å². The molecule has 1 aliphatic carbocycles. The SMILES string of the molecule is CC1CCCN(C(N)=NCC2(c3ccccc3F)CC2)C1.I. The summed E-state index contributed by atoms with van der Waals surface area (Å²) < 4.78 is 14.0. The molecule has 0 spiro atoms. The summed E-state index contributed by atoms with van der Waals surface area (Å²) in [6, 6.07) is 7.06. The number of rotatable bonds is 3. The Labute approximate surface area is 149 Å². The van der Waals surface area contributed by atoms with E-state index in [9.17, 15) is 4.39 Å². The third kappa shape index (κ3) is 3.73. The molecule has 2 fully saturated rings. The fraction of sp³-hybridized carbons (Fsp3) is 0.588. The van der Waals surface area contributed by atoms with Crippen LogP contribution in [-0.4, -0.2) is 30.5 Å². The lowest BCUT2D eigenvalue weighted by Gasteiger charge is -2.32. The molecule has 2 N–H and O–H groups in total. The molecular weight excluding hydrogens is 392 g/mol. The van der Waals surface area contributed by atoms with Gasteiger partial charge in [0.15, 0.2) is 5.96 Å². The standard InChI is InChI=1S/C17H24FN3.HI/c1-13-5-4-10-21(11-13)16(19)20-12-17(8-9-17)14-6-2-3-7-15(14)18;/h2-3,6-7,13H,4-5,8-12H2,1H3,(H2,19,20);1H. The van der Waals surface area contributed by atoms with E-state index in [-0.39, 0.29) is 35.2 Å². The van der Waals surface area contributed by atoms with Crippen molar-refractivity contribution in [2.24, 2.45) is 16.6 Å². The van der Waals surface area contributed by atoms with E-state index in [0.29, 0.717) is 18.4 Å². The van der Waals surface area contributed by atoms with Crippen molar-refractivity contribution in [2.75, 3.05) is 19.6 Å². The highest BCUT2D eigenvalue weighted by Crippen LogP contribution is 2.49. The summed E-state index contributed by atoms with van der Waals surface area (Å²) in [6.07, 6.45) is 4.45. The molecule has 0 amide bonds. The van der Waals surface area contributed by atoms with Gasteiger partial charge in [-0.15, -0.1) is 24.0 Å². The Morgan fingerprint density at radius 3 is 2.77 bits per heavy atom. The van der Waals surface area contributed by atoms with Crippen molar-refractivity contribution in [1.29, 1.82) is 0 Å². The molecule has 1 heterocycles. The summed E-state index contributed by atoms with van der Waals surface area (Å²) in [7, 11) is 0. The predicted molar refractivity (Wildman–Crippen MR) is 99.2 cm³/mol. The van der Waals surface area contributed by atoms with Gasteiger partial charge < -0.3 is 10.6 Å². The zero-order valence-electron chi connectivity index (χ0n) is 13.1. The maximum atomic E-state index is 14.0. The molecule has 1 aliphatic heterocycles. The van der Waals surface area contributed by atoms with Crippen LogP contribution in [0.15, 0.2) is 29.3 Å². The third-order valence-corrected chi connectivity index (χ3v) is 4.82. The number of guanidine groups is 1. The number of nitrogens with two attached hydrogens (primary N) is 1. The molecule has 0 radical (unpaired) electrons. The lowest BCUT2D eigenvalue weighted by Crippen LogP contribution is -2.43. The Morgan fingerprint density at radius 2 is 2.14 bits per heavy atom. The molecule has 2 aliphatic rings. The fourth-order valence-corrected chi connectivity index (χ4v) is 3.28. The molecule has 5 heteroatoms. The minimum Gasteiger partial charge on any atom is -0.370 e. The van der Waals surface area contributed by atoms with Crippen LogP contribution < -0.4 is 5.73 Å². The molecule has 1 aromatic rings. The molecule has 122 valence electrons. The van der Waals surface area contributed by atoms with Crippen molar-refractivity contribution in [3.8, 4) is 0 Å². The molecule has 0 bridgehead atoms. The smallest absolute Gasteiger partial charge is 0.191 e. The van der Waals surface area contributed by atoms with Gasteiger partial charge in [-0.2, -0.15) is 0 Å². The molecule has 0 aromatic heterocycles. The van der Waals surface area contributed by atoms with Crippen LogP contribution in [0.5, 0.6) is 0 Å². The highest BCUT2D eigenvalue weighted by Gasteiger charge is 2.45. The first-order valence-electron chi connectivity index (χ1n) is 7.91. The minimum atomic E-state index is -0.115. The molecule has 22 heavy (non-hydrogen) atoms. The van der Waals surface area contributed by atoms with Crippen LogP contribution in [0.25, 0.3) is 0 Å². The van der Waals surface area contributed by atoms with Gasteiger partial charge in [0.05, 0.1) is 6.54 Å². The molecule has 1 saturated carbocycles. The van der Waals surface area contributed by atoms with E-state index in [1.54, 1.807) is 6.07 Å². The van der Waals surface area contributed by atoms with Crippen LogP contribution in [0.2, 0.25) is 0 Å². The summed E-state index contributed by atoms with van der Waals surface area (Å²) in [4.78, 5) is 6.76. The van der Waals surface area contributed by atoms with E-state index >= 15 is 0 Å². The number of halogens is 2. The van der Waals surface area contributed by atoms with Crippen molar-refractivity contribution in [2.45, 2.75) is 38.0 Å². The van der Waals surface area contributed by atoms with Gasteiger partial charge in [0.2, 0.25) is 0 Å². The first-order chi connectivity index (χ1) is 10.1. The van der Waals surface area contributed by atoms with Crippen LogP contribution in [0.3, 0.4) is 0 Å². The van der Waals surface area contributed by atoms with Gasteiger partial charge in [0.1, 0.15) is 5.82 Å². The summed E-state index contributed by atoms with van der Waals surface area (Å²) in [6.45, 7) is 4.83. The van der Waals surface area contributed by atoms with Gasteiger partial charge in [-0.1, -0.05) is 25.1 Å². The summed E-state index contributed by atoms with van der Waals surface area (Å²) in [5.74, 6) is 1.19. The minimum absolute atomic E-state index is 0. The van der Waals surface area contributed by atoms with Crippen molar-refractivity contribution in [3.63, 3.8) is 0 Å². The second-order valence-electron chi connectivity index (χ2n) is 6.63. The van der Waals surface area contributed by atoms with Gasteiger partial charge in [0, 0.05) is 18.5 Å². The molecule has 1 saturated heterocycles. The Bertz CT molecular complexity index is 542. The highest BCUT2D eigenvalue weighted by atomic mass is 127. The number of benzene rings is 1. The highest BCUT2D eigenvalue weighted by molar-refractivity contribution is 14.0. The van der Waals surface area contributed by atoms with E-state index in [4.69, 9.17) is 5.73 Å². The van der Waals surface area contributed by atoms with Crippen LogP contribution in [0, 0.1) is 11.7 Å². The molecule has 3 nitrogen and oxygen atoms in total. The summed E-state index contributed by atoms with van der Waals surface area (Å²) in [5, 5.41) is 0. The average molecular weight is 417 g/mol. The lowest BCUT2D eigenvalue weighted by molar-refractivity contribution is 0.270. The van der Waals surface area contributed by atoms with E-state index in [1.165, 1.54) is 18.9 Å². The third-order valence-electron chi connectivity index (χ3n) is 4.82. The second kappa shape index (κ2) is 7.15. The Hall–Kier alpha value is -0.850. The second-order valence-corrected chi connectivity index (χ2v) is 6.63. The van der Waals surface area contributed by atoms with Gasteiger partial charge in [-0.3, -0.25) is 4.99 Å². The van der Waals surface area contributed by atoms with E-state index < -0.39 is 0 Å². The maximum absolute atomic E-state index is 14.0. The monoisotopic (exact) mass is 417 g/mol. The molecule has 3 rings (SSSR count). The Kier molecular flexibility index (Phi) is 5.69. The zero-order valence-corrected chi connectivity index (χ0v) is 15.4. The van der Waals surface area contributed by atoms with E-state index in [2.05, 4.69) is 16.8 Å². The number of nitrogens with zero attached hydrogens (tertiary/aromatic N) is 2. The van der Waals surface area contributed by atoms with E-state index in [0.717, 1.165) is 31.5 Å². The first kappa shape index (κ1) is 17.5. The zero-order chi connectivity index (χ0) is 14.9. The molecular formula is C17H25FIN3. The largest absolute Gasteiger partial charge is 0.370 e. The van der Waals surface area contributed by atoms with Crippen LogP contribution >= 0.6 is 24.0 Å². The van der Waals surface area contributed by atoms with Crippen molar-refractivity contribution in [1.82, 2.24) is 4.90 Å². The number of aliphatic imine (C=N–C) groups is 1. The quantitative estimate of drug-likeness (QED) is 0.465. The van der Waals surface area contributed by atoms with Crippen LogP contribution in [0.1, 0.15) is 38.2 Å². The van der Waals surface area contributed by atoms with Crippen molar-refractivity contribution in [3.05, 3.63) is 35.6 Å². The molecule has 1 atom stereocenters. The van der Waals surface area contributed by atoms with Crippen molar-refractivity contribution >= 4 is 29.9 Å². The average Bonchev–Trinajstić information content (AvgIpc) is 3.26. The van der Waals surface area contributed by atoms with Gasteiger partial charge in [0.25, 0.3) is 0 Å². The van der Waals surface area contributed by atoms with Crippen LogP contribution in [0.4, 0.5) is 4.39 Å². The van der Waals surface area contributed by atoms with E-state index in [1.807, 2.05) is 12.1 Å². The Balaban J connectivity index is 0.00000176. The van der Waals surface area contributed by atoms with Crippen molar-refractivity contribution < 1.29 is 4.39 Å². The molecule has 1 aromatic carbocycles. The number of likely N-dealkylation sites (tertiary alicyclic amines) is 1. The number of hydrogen-bond donors (Lipinski definition) is 1. The number of hydrogen-bond acceptors (Lipinski definition) is 1. The first-order valence-corrected chi connectivity index (χ1v) is 7.91. The van der Waals surface area contributed by atoms with Crippen LogP contribution in [-0.2, 0) is 5.41 Å². The molecule has 1 unspecified atom stereocenters. The predicted octanol–water partition coefficient (Wildman–Crippen LogP) is 3.52. The Morgan fingerprint density at radius 1 is 1.41 bits per heavy atom. The van der Waals surface area contributed by atoms with Gasteiger partial charge >= 0.3 is 0 Å².